The molecule has 0 fully saturated rings. The summed E-state index contributed by atoms with van der Waals surface area (Å²) in [5.41, 5.74) is 7.56. The molecule has 0 aromatic heterocycles. The van der Waals surface area contributed by atoms with Crippen LogP contribution in [0.3, 0.4) is 0 Å². The minimum atomic E-state index is -0.107. The molecule has 0 heterocycles. The predicted molar refractivity (Wildman–Crippen MR) is 80.7 cm³/mol. The van der Waals surface area contributed by atoms with Crippen LogP contribution in [0, 0.1) is 6.92 Å². The summed E-state index contributed by atoms with van der Waals surface area (Å²) in [6.07, 6.45) is 1.07. The molecule has 0 aliphatic heterocycles. The molecule has 0 unspecified atom stereocenters. The Morgan fingerprint density at radius 1 is 1.30 bits per heavy atom. The highest BCUT2D eigenvalue weighted by molar-refractivity contribution is 5.96. The number of aryl methyl sites for hydroxylation is 1. The maximum absolute atomic E-state index is 11.9. The van der Waals surface area contributed by atoms with E-state index in [4.69, 9.17) is 5.73 Å². The number of rotatable bonds is 6. The van der Waals surface area contributed by atoms with Crippen molar-refractivity contribution in [1.29, 1.82) is 0 Å². The van der Waals surface area contributed by atoms with Gasteiger partial charge in [0.05, 0.1) is 0 Å². The van der Waals surface area contributed by atoms with Crippen LogP contribution < -0.4 is 16.4 Å². The molecule has 1 rings (SSSR count). The number of benzene rings is 1. The number of hydrogen-bond donors (Lipinski definition) is 3. The van der Waals surface area contributed by atoms with Crippen molar-refractivity contribution in [2.45, 2.75) is 39.7 Å². The Hall–Kier alpha value is -1.88. The first kappa shape index (κ1) is 16.2. The molecule has 0 spiro atoms. The lowest BCUT2D eigenvalue weighted by Crippen LogP contribution is -2.30. The number of amides is 2. The van der Waals surface area contributed by atoms with Gasteiger partial charge in [0.25, 0.3) is 5.91 Å². The van der Waals surface area contributed by atoms with E-state index in [-0.39, 0.29) is 17.9 Å². The minimum Gasteiger partial charge on any atom is -0.350 e. The average molecular weight is 277 g/mol. The highest BCUT2D eigenvalue weighted by Crippen LogP contribution is 2.17. The number of anilines is 1. The maximum atomic E-state index is 11.9. The first-order valence-corrected chi connectivity index (χ1v) is 6.85. The first-order valence-electron chi connectivity index (χ1n) is 6.85. The first-order chi connectivity index (χ1) is 9.43. The van der Waals surface area contributed by atoms with Crippen LogP contribution in [0.15, 0.2) is 18.2 Å². The van der Waals surface area contributed by atoms with E-state index in [1.807, 2.05) is 20.8 Å². The van der Waals surface area contributed by atoms with Gasteiger partial charge >= 0.3 is 0 Å². The molecular weight excluding hydrogens is 254 g/mol. The van der Waals surface area contributed by atoms with Crippen molar-refractivity contribution < 1.29 is 9.59 Å². The predicted octanol–water partition coefficient (Wildman–Crippen LogP) is 1.81. The van der Waals surface area contributed by atoms with Gasteiger partial charge in [-0.2, -0.15) is 0 Å². The van der Waals surface area contributed by atoms with E-state index >= 15 is 0 Å². The minimum absolute atomic E-state index is 0.0575. The van der Waals surface area contributed by atoms with E-state index in [1.165, 1.54) is 0 Å². The number of carbonyl (C=O) groups excluding carboxylic acids is 2. The molecule has 110 valence electrons. The molecule has 0 atom stereocenters. The molecule has 0 bridgehead atoms. The smallest absolute Gasteiger partial charge is 0.251 e. The van der Waals surface area contributed by atoms with Crippen molar-refractivity contribution in [3.63, 3.8) is 0 Å². The second kappa shape index (κ2) is 7.65. The average Bonchev–Trinajstić information content (AvgIpc) is 2.37. The Balaban J connectivity index is 2.73. The third kappa shape index (κ3) is 5.01. The fourth-order valence-corrected chi connectivity index (χ4v) is 1.77. The lowest BCUT2D eigenvalue weighted by molar-refractivity contribution is -0.116. The Morgan fingerprint density at radius 3 is 2.55 bits per heavy atom. The molecule has 5 nitrogen and oxygen atoms in total. The molecule has 4 N–H and O–H groups in total. The molecule has 0 aliphatic rings. The molecule has 1 aromatic carbocycles. The van der Waals surface area contributed by atoms with Crippen molar-refractivity contribution in [3.8, 4) is 0 Å². The molecular formula is C15H23N3O2. The summed E-state index contributed by atoms with van der Waals surface area (Å²) in [7, 11) is 0. The summed E-state index contributed by atoms with van der Waals surface area (Å²) in [5, 5.41) is 5.66. The van der Waals surface area contributed by atoms with Crippen molar-refractivity contribution in [2.24, 2.45) is 5.73 Å². The summed E-state index contributed by atoms with van der Waals surface area (Å²) in [6.45, 7) is 6.19. The van der Waals surface area contributed by atoms with Gasteiger partial charge in [0.15, 0.2) is 0 Å². The van der Waals surface area contributed by atoms with Crippen molar-refractivity contribution in [1.82, 2.24) is 5.32 Å². The van der Waals surface area contributed by atoms with Crippen LogP contribution in [0.4, 0.5) is 5.69 Å². The molecule has 5 heteroatoms. The van der Waals surface area contributed by atoms with E-state index < -0.39 is 0 Å². The van der Waals surface area contributed by atoms with Gasteiger partial charge in [-0.1, -0.05) is 0 Å². The lowest BCUT2D eigenvalue weighted by Gasteiger charge is -2.12. The van der Waals surface area contributed by atoms with E-state index in [0.717, 1.165) is 11.3 Å². The summed E-state index contributed by atoms with van der Waals surface area (Å²) in [6, 6.07) is 5.34. The van der Waals surface area contributed by atoms with Crippen LogP contribution in [0.2, 0.25) is 0 Å². The zero-order valence-corrected chi connectivity index (χ0v) is 12.3. The van der Waals surface area contributed by atoms with Crippen LogP contribution in [0.1, 0.15) is 42.6 Å². The topological polar surface area (TPSA) is 84.2 Å². The van der Waals surface area contributed by atoms with Crippen LogP contribution in [0.25, 0.3) is 0 Å². The van der Waals surface area contributed by atoms with Crippen molar-refractivity contribution in [3.05, 3.63) is 29.3 Å². The van der Waals surface area contributed by atoms with Crippen LogP contribution in [-0.2, 0) is 4.79 Å². The summed E-state index contributed by atoms with van der Waals surface area (Å²) < 4.78 is 0. The standard InChI is InChI=1S/C15H23N3O2/c1-10(2)17-15(20)12-6-7-13(11(3)9-12)18-14(19)5-4-8-16/h6-7,9-10H,4-5,8,16H2,1-3H3,(H,17,20)(H,18,19). The van der Waals surface area contributed by atoms with E-state index in [9.17, 15) is 9.59 Å². The van der Waals surface area contributed by atoms with Gasteiger partial charge in [-0.3, -0.25) is 9.59 Å². The Bertz CT molecular complexity index is 484. The molecule has 0 saturated heterocycles. The van der Waals surface area contributed by atoms with E-state index in [0.29, 0.717) is 24.9 Å². The highest BCUT2D eigenvalue weighted by atomic mass is 16.2. The van der Waals surface area contributed by atoms with Crippen molar-refractivity contribution >= 4 is 17.5 Å². The summed E-state index contributed by atoms with van der Waals surface area (Å²) in [5.74, 6) is -0.165. The van der Waals surface area contributed by atoms with Gasteiger partial charge < -0.3 is 16.4 Å². The zero-order valence-electron chi connectivity index (χ0n) is 12.3. The van der Waals surface area contributed by atoms with Gasteiger partial charge in [0.1, 0.15) is 0 Å². The van der Waals surface area contributed by atoms with Gasteiger partial charge in [-0.25, -0.2) is 0 Å². The van der Waals surface area contributed by atoms with Gasteiger partial charge in [0.2, 0.25) is 5.91 Å². The quantitative estimate of drug-likeness (QED) is 0.741. The molecule has 2 amide bonds. The van der Waals surface area contributed by atoms with E-state index in [1.54, 1.807) is 18.2 Å². The Morgan fingerprint density at radius 2 is 2.00 bits per heavy atom. The van der Waals surface area contributed by atoms with Crippen LogP contribution in [0.5, 0.6) is 0 Å². The fraction of sp³-hybridized carbons (Fsp3) is 0.467. The van der Waals surface area contributed by atoms with Gasteiger partial charge in [-0.15, -0.1) is 0 Å². The number of hydrogen-bond acceptors (Lipinski definition) is 3. The van der Waals surface area contributed by atoms with Crippen LogP contribution >= 0.6 is 0 Å². The molecule has 0 aliphatic carbocycles. The molecule has 20 heavy (non-hydrogen) atoms. The summed E-state index contributed by atoms with van der Waals surface area (Å²) in [4.78, 5) is 23.5. The van der Waals surface area contributed by atoms with Crippen molar-refractivity contribution in [2.75, 3.05) is 11.9 Å². The van der Waals surface area contributed by atoms with Crippen LogP contribution in [-0.4, -0.2) is 24.4 Å². The largest absolute Gasteiger partial charge is 0.350 e. The van der Waals surface area contributed by atoms with Gasteiger partial charge in [0, 0.05) is 23.7 Å². The molecule has 0 radical (unpaired) electrons. The SMILES string of the molecule is Cc1cc(C(=O)NC(C)C)ccc1NC(=O)CCCN. The molecule has 1 aromatic rings. The lowest BCUT2D eigenvalue weighted by atomic mass is 10.1. The normalized spacial score (nSPS) is 10.4. The van der Waals surface area contributed by atoms with E-state index in [2.05, 4.69) is 10.6 Å². The number of nitrogens with one attached hydrogen (secondary N) is 2. The fourth-order valence-electron chi connectivity index (χ4n) is 1.77. The molecule has 0 saturated carbocycles. The number of nitrogens with two attached hydrogens (primary N) is 1. The second-order valence-corrected chi connectivity index (χ2v) is 5.10. The number of carbonyl (C=O) groups is 2. The maximum Gasteiger partial charge on any atom is 0.251 e. The van der Waals surface area contributed by atoms with Gasteiger partial charge in [-0.05, 0) is 57.5 Å². The Kier molecular flexibility index (Phi) is 6.18. The third-order valence-electron chi connectivity index (χ3n) is 2.79. The highest BCUT2D eigenvalue weighted by Gasteiger charge is 2.10. The second-order valence-electron chi connectivity index (χ2n) is 5.10. The monoisotopic (exact) mass is 277 g/mol. The summed E-state index contributed by atoms with van der Waals surface area (Å²) >= 11 is 0. The Labute approximate surface area is 119 Å². The zero-order chi connectivity index (χ0) is 15.1. The third-order valence-corrected chi connectivity index (χ3v) is 2.79.